The summed E-state index contributed by atoms with van der Waals surface area (Å²) in [7, 11) is 3.19. The first-order chi connectivity index (χ1) is 27.2. The molecule has 3 aliphatic rings. The van der Waals surface area contributed by atoms with Gasteiger partial charge in [-0.2, -0.15) is 0 Å². The zero-order chi connectivity index (χ0) is 40.2. The number of carbonyl (C=O) groups excluding carboxylic acids is 4. The molecule has 2 aromatic carbocycles. The Morgan fingerprint density at radius 2 is 1.77 bits per heavy atom. The molecule has 302 valence electrons. The molecule has 3 aromatic rings. The zero-order valence-electron chi connectivity index (χ0n) is 32.7. The van der Waals surface area contributed by atoms with Gasteiger partial charge in [0.05, 0.1) is 36.7 Å². The molecular weight excluding hydrogens is 720 g/mol. The number of fused-ring (bicyclic) bond motifs is 2. The van der Waals surface area contributed by atoms with Gasteiger partial charge in [0.1, 0.15) is 12.3 Å². The minimum atomic E-state index is -0.886. The number of hydrogen-bond donors (Lipinski definition) is 3. The van der Waals surface area contributed by atoms with Crippen LogP contribution in [-0.4, -0.2) is 85.3 Å². The number of aryl methyl sites for hydroxylation is 1. The standard InChI is InChI=1S/C39H48N6O9.C2H6/c1-4-18-53-39(49)45-30-23-33(32(50-3)22-28(30)37(48)44-17-7-5-10-29(44)38(45)54-35-12-6-8-19-52-35)51-20-9-11-34(46)41-27-21-31(43(2)24-27)36(47)42-26-15-13-25(40)14-16-26;1-2/h4,13-16,21-24,29,35,38H,1,5-12,17-20,40H2,2-3H3,(H,41,46)(H,42,47);1-2H3/t29-,35?,38?;/m0./s1. The lowest BCUT2D eigenvalue weighted by atomic mass is 10.00. The number of rotatable bonds is 13. The third-order valence-electron chi connectivity index (χ3n) is 9.61. The first-order valence-corrected chi connectivity index (χ1v) is 19.3. The van der Waals surface area contributed by atoms with E-state index < -0.39 is 24.7 Å². The van der Waals surface area contributed by atoms with Crippen molar-refractivity contribution in [3.63, 3.8) is 0 Å². The maximum absolute atomic E-state index is 14.2. The molecular formula is C41H54N6O9. The van der Waals surface area contributed by atoms with Crippen molar-refractivity contribution >= 4 is 46.6 Å². The number of anilines is 4. The van der Waals surface area contributed by atoms with Gasteiger partial charge in [0.2, 0.25) is 5.91 Å². The monoisotopic (exact) mass is 774 g/mol. The minimum absolute atomic E-state index is 0.0394. The molecule has 0 saturated carbocycles. The topological polar surface area (TPSA) is 176 Å². The van der Waals surface area contributed by atoms with Gasteiger partial charge in [-0.15, -0.1) is 0 Å². The second kappa shape index (κ2) is 19.9. The van der Waals surface area contributed by atoms with Crippen LogP contribution in [0, 0.1) is 0 Å². The Hall–Kier alpha value is -5.54. The summed E-state index contributed by atoms with van der Waals surface area (Å²) in [6.45, 7) is 8.81. The number of nitrogen functional groups attached to an aromatic ring is 1. The van der Waals surface area contributed by atoms with Crippen molar-refractivity contribution in [1.29, 1.82) is 0 Å². The molecule has 4 heterocycles. The van der Waals surface area contributed by atoms with Crippen LogP contribution in [0.25, 0.3) is 0 Å². The Morgan fingerprint density at radius 1 is 1.00 bits per heavy atom. The van der Waals surface area contributed by atoms with Crippen LogP contribution in [0.3, 0.4) is 0 Å². The third-order valence-corrected chi connectivity index (χ3v) is 9.61. The molecule has 2 saturated heterocycles. The fraction of sp³-hybridized carbons (Fsp3) is 0.463. The Kier molecular flexibility index (Phi) is 14.8. The molecule has 0 bridgehead atoms. The molecule has 0 aliphatic carbocycles. The SMILES string of the molecule is C=CCOC(=O)N1c2cc(OCCCC(=O)Nc3cc(C(=O)Nc4ccc(N)cc4)n(C)c3)c(OC)cc2C(=O)N2CCCC[C@H]2C1OC1CCCCO1.CC. The van der Waals surface area contributed by atoms with Gasteiger partial charge in [-0.25, -0.2) is 9.69 Å². The van der Waals surface area contributed by atoms with Crippen molar-refractivity contribution in [2.45, 2.75) is 83.8 Å². The van der Waals surface area contributed by atoms with Crippen molar-refractivity contribution in [1.82, 2.24) is 9.47 Å². The largest absolute Gasteiger partial charge is 0.493 e. The molecule has 2 fully saturated rings. The molecule has 15 nitrogen and oxygen atoms in total. The van der Waals surface area contributed by atoms with E-state index in [1.807, 2.05) is 13.8 Å². The second-order valence-corrected chi connectivity index (χ2v) is 13.4. The zero-order valence-corrected chi connectivity index (χ0v) is 32.7. The van der Waals surface area contributed by atoms with E-state index in [9.17, 15) is 19.2 Å². The summed E-state index contributed by atoms with van der Waals surface area (Å²) < 4.78 is 31.5. The number of nitrogens with zero attached hydrogens (tertiary/aromatic N) is 3. The smallest absolute Gasteiger partial charge is 0.416 e. The lowest BCUT2D eigenvalue weighted by Gasteiger charge is -2.42. The predicted octanol–water partition coefficient (Wildman–Crippen LogP) is 6.70. The maximum Gasteiger partial charge on any atom is 0.416 e. The lowest BCUT2D eigenvalue weighted by Crippen LogP contribution is -2.57. The summed E-state index contributed by atoms with van der Waals surface area (Å²) in [6, 6.07) is 11.1. The number of aromatic nitrogens is 1. The van der Waals surface area contributed by atoms with Gasteiger partial charge in [0.25, 0.3) is 11.8 Å². The van der Waals surface area contributed by atoms with Crippen molar-refractivity contribution in [2.24, 2.45) is 7.05 Å². The number of methoxy groups -OCH3 is 1. The molecule has 3 atom stereocenters. The number of carbonyl (C=O) groups is 4. The number of nitrogens with one attached hydrogen (secondary N) is 2. The summed E-state index contributed by atoms with van der Waals surface area (Å²) in [6.07, 6.45) is 6.26. The summed E-state index contributed by atoms with van der Waals surface area (Å²) in [5.74, 6) is -0.287. The van der Waals surface area contributed by atoms with Crippen LogP contribution in [0.2, 0.25) is 0 Å². The minimum Gasteiger partial charge on any atom is -0.493 e. The highest BCUT2D eigenvalue weighted by Crippen LogP contribution is 2.42. The average Bonchev–Trinajstić information content (AvgIpc) is 3.55. The van der Waals surface area contributed by atoms with E-state index in [-0.39, 0.29) is 54.4 Å². The molecule has 3 aliphatic heterocycles. The fourth-order valence-electron chi connectivity index (χ4n) is 6.95. The average molecular weight is 775 g/mol. The van der Waals surface area contributed by atoms with Crippen LogP contribution in [0.5, 0.6) is 11.5 Å². The van der Waals surface area contributed by atoms with Gasteiger partial charge in [-0.1, -0.05) is 26.5 Å². The van der Waals surface area contributed by atoms with Crippen molar-refractivity contribution in [3.8, 4) is 11.5 Å². The Bertz CT molecular complexity index is 1840. The molecule has 4 amide bonds. The van der Waals surface area contributed by atoms with Crippen LogP contribution in [0.4, 0.5) is 27.5 Å². The van der Waals surface area contributed by atoms with Crippen molar-refractivity contribution in [3.05, 3.63) is 72.6 Å². The van der Waals surface area contributed by atoms with Crippen LogP contribution in [0.15, 0.2) is 61.3 Å². The van der Waals surface area contributed by atoms with Crippen LogP contribution in [0.1, 0.15) is 86.1 Å². The van der Waals surface area contributed by atoms with E-state index in [4.69, 9.17) is 29.4 Å². The highest BCUT2D eigenvalue weighted by atomic mass is 16.7. The van der Waals surface area contributed by atoms with E-state index in [0.29, 0.717) is 60.9 Å². The number of benzene rings is 2. The molecule has 6 rings (SSSR count). The van der Waals surface area contributed by atoms with Gasteiger partial charge in [-0.05, 0) is 81.3 Å². The van der Waals surface area contributed by atoms with E-state index >= 15 is 0 Å². The van der Waals surface area contributed by atoms with Gasteiger partial charge in [-0.3, -0.25) is 14.4 Å². The van der Waals surface area contributed by atoms with Crippen molar-refractivity contribution in [2.75, 3.05) is 54.7 Å². The van der Waals surface area contributed by atoms with E-state index in [2.05, 4.69) is 17.2 Å². The highest BCUT2D eigenvalue weighted by molar-refractivity contribution is 6.06. The maximum atomic E-state index is 14.2. The highest BCUT2D eigenvalue weighted by Gasteiger charge is 2.47. The predicted molar refractivity (Wildman–Crippen MR) is 213 cm³/mol. The first kappa shape index (κ1) is 41.6. The Labute approximate surface area is 328 Å². The van der Waals surface area contributed by atoms with Crippen LogP contribution in [-0.2, 0) is 26.1 Å². The Balaban J connectivity index is 0.00000295. The van der Waals surface area contributed by atoms with Gasteiger partial charge in [0.15, 0.2) is 24.0 Å². The summed E-state index contributed by atoms with van der Waals surface area (Å²) in [5.41, 5.74) is 8.25. The molecule has 0 radical (unpaired) electrons. The lowest BCUT2D eigenvalue weighted by molar-refractivity contribution is -0.198. The number of ether oxygens (including phenoxy) is 5. The van der Waals surface area contributed by atoms with E-state index in [1.165, 1.54) is 18.1 Å². The van der Waals surface area contributed by atoms with Gasteiger partial charge >= 0.3 is 6.09 Å². The van der Waals surface area contributed by atoms with Gasteiger partial charge < -0.3 is 49.5 Å². The normalized spacial score (nSPS) is 18.9. The van der Waals surface area contributed by atoms with Crippen molar-refractivity contribution < 1.29 is 42.9 Å². The van der Waals surface area contributed by atoms with Gasteiger partial charge in [0, 0.05) is 50.3 Å². The third kappa shape index (κ3) is 10.0. The van der Waals surface area contributed by atoms with E-state index in [0.717, 1.165) is 25.7 Å². The molecule has 4 N–H and O–H groups in total. The number of nitrogens with two attached hydrogens (primary N) is 1. The molecule has 2 unspecified atom stereocenters. The summed E-state index contributed by atoms with van der Waals surface area (Å²) in [5, 5.41) is 5.65. The van der Waals surface area contributed by atoms with Crippen LogP contribution >= 0.6 is 0 Å². The summed E-state index contributed by atoms with van der Waals surface area (Å²) >= 11 is 0. The molecule has 15 heteroatoms. The summed E-state index contributed by atoms with van der Waals surface area (Å²) in [4.78, 5) is 57.0. The molecule has 56 heavy (non-hydrogen) atoms. The number of piperidine rings is 1. The number of hydrogen-bond acceptors (Lipinski definition) is 10. The van der Waals surface area contributed by atoms with E-state index in [1.54, 1.807) is 65.2 Å². The van der Waals surface area contributed by atoms with Crippen LogP contribution < -0.4 is 30.7 Å². The number of amides is 4. The quantitative estimate of drug-likeness (QED) is 0.0963. The molecule has 1 aromatic heterocycles. The molecule has 0 spiro atoms. The fourth-order valence-corrected chi connectivity index (χ4v) is 6.95. The second-order valence-electron chi connectivity index (χ2n) is 13.4. The first-order valence-electron chi connectivity index (χ1n) is 19.3. The Morgan fingerprint density at radius 3 is 2.48 bits per heavy atom.